The molecule has 1 atom stereocenters. The normalized spacial score (nSPS) is 15.3. The van der Waals surface area contributed by atoms with Crippen molar-refractivity contribution < 1.29 is 13.2 Å². The van der Waals surface area contributed by atoms with Crippen LogP contribution in [0.1, 0.15) is 29.9 Å². The van der Waals surface area contributed by atoms with Crippen molar-refractivity contribution in [1.82, 2.24) is 9.71 Å². The number of hydrogen-bond acceptors (Lipinski definition) is 3. The van der Waals surface area contributed by atoms with Gasteiger partial charge in [-0.3, -0.25) is 4.79 Å². The first kappa shape index (κ1) is 21.4. The molecular formula is C26H25N3O3S. The van der Waals surface area contributed by atoms with E-state index >= 15 is 0 Å². The SMILES string of the molecule is O=C1CCCN1c1ccc(S(=O)(=O)NCC(c2ccccc2)c2c[nH]c3ccccc23)cc1. The lowest BCUT2D eigenvalue weighted by Crippen LogP contribution is -2.29. The molecule has 4 aromatic rings. The van der Waals surface area contributed by atoms with Crippen LogP contribution in [0, 0.1) is 0 Å². The Bertz CT molecular complexity index is 1380. The minimum atomic E-state index is -3.73. The van der Waals surface area contributed by atoms with Gasteiger partial charge in [-0.05, 0) is 47.9 Å². The summed E-state index contributed by atoms with van der Waals surface area (Å²) in [7, 11) is -3.73. The lowest BCUT2D eigenvalue weighted by atomic mass is 9.91. The number of nitrogens with one attached hydrogen (secondary N) is 2. The number of nitrogens with zero attached hydrogens (tertiary/aromatic N) is 1. The monoisotopic (exact) mass is 459 g/mol. The minimum Gasteiger partial charge on any atom is -0.361 e. The number of rotatable bonds is 7. The Balaban J connectivity index is 1.40. The summed E-state index contributed by atoms with van der Waals surface area (Å²) in [6, 6.07) is 24.5. The van der Waals surface area contributed by atoms with Crippen molar-refractivity contribution in [3.63, 3.8) is 0 Å². The van der Waals surface area contributed by atoms with Gasteiger partial charge in [0, 0.05) is 48.2 Å². The maximum atomic E-state index is 13.1. The predicted molar refractivity (Wildman–Crippen MR) is 130 cm³/mol. The molecule has 1 amide bonds. The van der Waals surface area contributed by atoms with Gasteiger partial charge >= 0.3 is 0 Å². The fourth-order valence-electron chi connectivity index (χ4n) is 4.48. The number of fused-ring (bicyclic) bond motifs is 1. The van der Waals surface area contributed by atoms with Gasteiger partial charge < -0.3 is 9.88 Å². The van der Waals surface area contributed by atoms with E-state index in [4.69, 9.17) is 0 Å². The van der Waals surface area contributed by atoms with E-state index in [1.165, 1.54) is 0 Å². The number of amides is 1. The second-order valence-corrected chi connectivity index (χ2v) is 10.0. The molecule has 1 aliphatic rings. The van der Waals surface area contributed by atoms with Gasteiger partial charge in [0.1, 0.15) is 0 Å². The van der Waals surface area contributed by atoms with Crippen LogP contribution in [0.4, 0.5) is 5.69 Å². The highest BCUT2D eigenvalue weighted by atomic mass is 32.2. The van der Waals surface area contributed by atoms with Crippen LogP contribution in [0.25, 0.3) is 10.9 Å². The maximum absolute atomic E-state index is 13.1. The van der Waals surface area contributed by atoms with Gasteiger partial charge in [0.05, 0.1) is 4.90 Å². The van der Waals surface area contributed by atoms with E-state index in [1.807, 2.05) is 60.8 Å². The molecule has 1 saturated heterocycles. The van der Waals surface area contributed by atoms with Crippen LogP contribution in [-0.2, 0) is 14.8 Å². The predicted octanol–water partition coefficient (Wildman–Crippen LogP) is 4.41. The van der Waals surface area contributed by atoms with Crippen LogP contribution in [0.5, 0.6) is 0 Å². The molecule has 0 aliphatic carbocycles. The highest BCUT2D eigenvalue weighted by Crippen LogP contribution is 2.31. The van der Waals surface area contributed by atoms with Crippen molar-refractivity contribution in [2.45, 2.75) is 23.7 Å². The highest BCUT2D eigenvalue weighted by molar-refractivity contribution is 7.89. The molecule has 0 spiro atoms. The quantitative estimate of drug-likeness (QED) is 0.430. The average Bonchev–Trinajstić information content (AvgIpc) is 3.46. The molecule has 33 heavy (non-hydrogen) atoms. The van der Waals surface area contributed by atoms with E-state index in [0.717, 1.165) is 34.1 Å². The van der Waals surface area contributed by atoms with Gasteiger partial charge in [-0.2, -0.15) is 0 Å². The topological polar surface area (TPSA) is 82.3 Å². The molecule has 1 fully saturated rings. The number of H-pyrrole nitrogens is 1. The number of aromatic amines is 1. The van der Waals surface area contributed by atoms with Gasteiger partial charge in [-0.25, -0.2) is 13.1 Å². The van der Waals surface area contributed by atoms with Gasteiger partial charge in [0.15, 0.2) is 0 Å². The minimum absolute atomic E-state index is 0.0770. The van der Waals surface area contributed by atoms with Crippen molar-refractivity contribution >= 4 is 32.5 Å². The van der Waals surface area contributed by atoms with E-state index in [1.54, 1.807) is 29.2 Å². The third kappa shape index (κ3) is 4.29. The number of carbonyl (C=O) groups excluding carboxylic acids is 1. The zero-order valence-corrected chi connectivity index (χ0v) is 18.9. The summed E-state index contributed by atoms with van der Waals surface area (Å²) in [4.78, 5) is 17.1. The molecular weight excluding hydrogens is 434 g/mol. The average molecular weight is 460 g/mol. The van der Waals surface area contributed by atoms with Crippen LogP contribution in [0.3, 0.4) is 0 Å². The smallest absolute Gasteiger partial charge is 0.240 e. The summed E-state index contributed by atoms with van der Waals surface area (Å²) in [6.45, 7) is 0.896. The van der Waals surface area contributed by atoms with Crippen molar-refractivity contribution in [3.8, 4) is 0 Å². The molecule has 168 valence electrons. The van der Waals surface area contributed by atoms with E-state index in [0.29, 0.717) is 13.0 Å². The lowest BCUT2D eigenvalue weighted by Gasteiger charge is -2.19. The molecule has 0 bridgehead atoms. The number of aromatic nitrogens is 1. The summed E-state index contributed by atoms with van der Waals surface area (Å²) >= 11 is 0. The third-order valence-electron chi connectivity index (χ3n) is 6.21. The van der Waals surface area contributed by atoms with Crippen molar-refractivity contribution in [3.05, 3.63) is 96.2 Å². The highest BCUT2D eigenvalue weighted by Gasteiger charge is 2.24. The summed E-state index contributed by atoms with van der Waals surface area (Å²) in [6.07, 6.45) is 3.32. The molecule has 1 aromatic heterocycles. The lowest BCUT2D eigenvalue weighted by molar-refractivity contribution is -0.117. The van der Waals surface area contributed by atoms with E-state index in [-0.39, 0.29) is 23.3 Å². The number of benzene rings is 3. The Morgan fingerprint density at radius 3 is 2.39 bits per heavy atom. The molecule has 2 N–H and O–H groups in total. The molecule has 6 nitrogen and oxygen atoms in total. The Hall–Kier alpha value is -3.42. The number of anilines is 1. The second-order valence-electron chi connectivity index (χ2n) is 8.25. The summed E-state index contributed by atoms with van der Waals surface area (Å²) < 4.78 is 29.0. The maximum Gasteiger partial charge on any atom is 0.240 e. The van der Waals surface area contributed by atoms with Gasteiger partial charge in [0.25, 0.3) is 0 Å². The molecule has 7 heteroatoms. The molecule has 5 rings (SSSR count). The van der Waals surface area contributed by atoms with Gasteiger partial charge in [-0.15, -0.1) is 0 Å². The van der Waals surface area contributed by atoms with Crippen LogP contribution < -0.4 is 9.62 Å². The summed E-state index contributed by atoms with van der Waals surface area (Å²) in [5, 5.41) is 1.07. The number of sulfonamides is 1. The fraction of sp³-hybridized carbons (Fsp3) is 0.192. The van der Waals surface area contributed by atoms with E-state index in [9.17, 15) is 13.2 Å². The molecule has 1 unspecified atom stereocenters. The van der Waals surface area contributed by atoms with Crippen molar-refractivity contribution in [2.75, 3.05) is 18.0 Å². The summed E-state index contributed by atoms with van der Waals surface area (Å²) in [5.41, 5.74) is 3.83. The number of para-hydroxylation sites is 1. The van der Waals surface area contributed by atoms with E-state index < -0.39 is 10.0 Å². The fourth-order valence-corrected chi connectivity index (χ4v) is 5.52. The van der Waals surface area contributed by atoms with Crippen LogP contribution in [0.15, 0.2) is 90.0 Å². The first-order chi connectivity index (χ1) is 16.0. The first-order valence-electron chi connectivity index (χ1n) is 11.0. The van der Waals surface area contributed by atoms with Crippen LogP contribution >= 0.6 is 0 Å². The zero-order chi connectivity index (χ0) is 22.8. The largest absolute Gasteiger partial charge is 0.361 e. The second kappa shape index (κ2) is 8.84. The first-order valence-corrected chi connectivity index (χ1v) is 12.5. The zero-order valence-electron chi connectivity index (χ0n) is 18.1. The van der Waals surface area contributed by atoms with Crippen LogP contribution in [-0.4, -0.2) is 32.4 Å². The van der Waals surface area contributed by atoms with Crippen LogP contribution in [0.2, 0.25) is 0 Å². The Morgan fingerprint density at radius 1 is 0.939 bits per heavy atom. The Kier molecular flexibility index (Phi) is 5.74. The molecule has 3 aromatic carbocycles. The van der Waals surface area contributed by atoms with E-state index in [2.05, 4.69) is 9.71 Å². The van der Waals surface area contributed by atoms with Gasteiger partial charge in [-0.1, -0.05) is 48.5 Å². The van der Waals surface area contributed by atoms with Gasteiger partial charge in [0.2, 0.25) is 15.9 Å². The number of hydrogen-bond donors (Lipinski definition) is 2. The Labute approximate surface area is 193 Å². The Morgan fingerprint density at radius 2 is 1.67 bits per heavy atom. The third-order valence-corrected chi connectivity index (χ3v) is 7.65. The molecule has 2 heterocycles. The number of carbonyl (C=O) groups is 1. The van der Waals surface area contributed by atoms with Crippen molar-refractivity contribution in [1.29, 1.82) is 0 Å². The molecule has 0 radical (unpaired) electrons. The summed E-state index contributed by atoms with van der Waals surface area (Å²) in [5.74, 6) is -0.0771. The van der Waals surface area contributed by atoms with Crippen molar-refractivity contribution in [2.24, 2.45) is 0 Å². The molecule has 1 aliphatic heterocycles. The standard InChI is InChI=1S/C26H25N3O3S/c30-26-11-6-16-29(26)20-12-14-21(15-13-20)33(31,32)28-18-23(19-7-2-1-3-8-19)24-17-27-25-10-5-4-9-22(24)25/h1-5,7-10,12-15,17,23,27-28H,6,11,16,18H2. The molecule has 0 saturated carbocycles.